The molecule has 1 aromatic rings. The maximum absolute atomic E-state index is 6.08. The second kappa shape index (κ2) is 10.3. The summed E-state index contributed by atoms with van der Waals surface area (Å²) in [6.45, 7) is 12.5. The zero-order valence-corrected chi connectivity index (χ0v) is 17.6. The number of quaternary nitrogens is 1. The van der Waals surface area contributed by atoms with E-state index in [1.165, 1.54) is 44.2 Å². The van der Waals surface area contributed by atoms with Crippen LogP contribution in [0.5, 0.6) is 5.75 Å². The third-order valence-corrected chi connectivity index (χ3v) is 6.01. The van der Waals surface area contributed by atoms with Gasteiger partial charge in [0.15, 0.2) is 0 Å². The van der Waals surface area contributed by atoms with E-state index >= 15 is 0 Å². The van der Waals surface area contributed by atoms with Crippen LogP contribution in [-0.4, -0.2) is 26.4 Å². The molecule has 1 saturated heterocycles. The normalized spacial score (nSPS) is 23.6. The Morgan fingerprint density at radius 1 is 1.15 bits per heavy atom. The van der Waals surface area contributed by atoms with Crippen molar-refractivity contribution in [2.75, 3.05) is 20.3 Å². The maximum atomic E-state index is 6.08. The van der Waals surface area contributed by atoms with E-state index in [1.54, 1.807) is 7.11 Å². The van der Waals surface area contributed by atoms with Crippen LogP contribution in [0.1, 0.15) is 65.4 Å². The molecule has 2 N–H and O–H groups in total. The molecule has 0 radical (unpaired) electrons. The first-order valence-electron chi connectivity index (χ1n) is 10.5. The molecule has 0 aromatic heterocycles. The van der Waals surface area contributed by atoms with Gasteiger partial charge in [0, 0.05) is 18.6 Å². The Balaban J connectivity index is 1.87. The first kappa shape index (κ1) is 21.2. The summed E-state index contributed by atoms with van der Waals surface area (Å²) in [6, 6.07) is 8.46. The maximum Gasteiger partial charge on any atom is 0.118 e. The summed E-state index contributed by atoms with van der Waals surface area (Å²) in [4.78, 5) is 0. The fourth-order valence-electron chi connectivity index (χ4n) is 4.06. The minimum atomic E-state index is 0.442. The van der Waals surface area contributed by atoms with Crippen molar-refractivity contribution in [2.45, 2.75) is 72.4 Å². The molecule has 148 valence electrons. The molecule has 0 saturated carbocycles. The predicted octanol–water partition coefficient (Wildman–Crippen LogP) is 4.41. The minimum absolute atomic E-state index is 0.442. The summed E-state index contributed by atoms with van der Waals surface area (Å²) >= 11 is 0. The topological polar surface area (TPSA) is 35.1 Å². The first-order valence-corrected chi connectivity index (χ1v) is 10.5. The zero-order chi connectivity index (χ0) is 19.0. The zero-order valence-electron chi connectivity index (χ0n) is 17.6. The molecule has 1 aliphatic rings. The molecule has 3 nitrogen and oxygen atoms in total. The smallest absolute Gasteiger partial charge is 0.118 e. The summed E-state index contributed by atoms with van der Waals surface area (Å²) in [5.74, 6) is 2.34. The van der Waals surface area contributed by atoms with Crippen molar-refractivity contribution in [3.05, 3.63) is 29.8 Å². The van der Waals surface area contributed by atoms with Gasteiger partial charge in [-0.05, 0) is 60.8 Å². The number of methoxy groups -OCH3 is 1. The molecule has 1 heterocycles. The average molecular weight is 363 g/mol. The van der Waals surface area contributed by atoms with Gasteiger partial charge >= 0.3 is 0 Å². The highest BCUT2D eigenvalue weighted by Crippen LogP contribution is 2.43. The van der Waals surface area contributed by atoms with Gasteiger partial charge < -0.3 is 14.8 Å². The number of rotatable bonds is 10. The molecule has 0 bridgehead atoms. The van der Waals surface area contributed by atoms with E-state index in [9.17, 15) is 0 Å². The lowest BCUT2D eigenvalue weighted by atomic mass is 9.69. The van der Waals surface area contributed by atoms with Crippen molar-refractivity contribution in [1.29, 1.82) is 0 Å². The highest BCUT2D eigenvalue weighted by atomic mass is 16.5. The lowest BCUT2D eigenvalue weighted by Gasteiger charge is -2.42. The second-order valence-electron chi connectivity index (χ2n) is 8.92. The number of ether oxygens (including phenoxy) is 2. The largest absolute Gasteiger partial charge is 0.497 e. The minimum Gasteiger partial charge on any atom is -0.497 e. The molecule has 0 aliphatic carbocycles. The van der Waals surface area contributed by atoms with Crippen LogP contribution in [-0.2, 0) is 11.3 Å². The van der Waals surface area contributed by atoms with E-state index in [-0.39, 0.29) is 0 Å². The summed E-state index contributed by atoms with van der Waals surface area (Å²) in [7, 11) is 1.72. The van der Waals surface area contributed by atoms with Gasteiger partial charge in [-0.25, -0.2) is 0 Å². The van der Waals surface area contributed by atoms with Crippen LogP contribution < -0.4 is 10.1 Å². The Morgan fingerprint density at radius 3 is 2.50 bits per heavy atom. The van der Waals surface area contributed by atoms with Gasteiger partial charge in [0.2, 0.25) is 0 Å². The molecule has 0 unspecified atom stereocenters. The first-order chi connectivity index (χ1) is 12.4. The van der Waals surface area contributed by atoms with Gasteiger partial charge in [0.05, 0.1) is 19.8 Å². The lowest BCUT2D eigenvalue weighted by molar-refractivity contribution is -0.672. The molecule has 1 aliphatic heterocycles. The highest BCUT2D eigenvalue weighted by Gasteiger charge is 2.37. The quantitative estimate of drug-likeness (QED) is 0.626. The highest BCUT2D eigenvalue weighted by molar-refractivity contribution is 5.26. The number of hydrogen-bond donors (Lipinski definition) is 1. The predicted molar refractivity (Wildman–Crippen MR) is 108 cm³/mol. The van der Waals surface area contributed by atoms with E-state index < -0.39 is 0 Å². The van der Waals surface area contributed by atoms with Gasteiger partial charge in [-0.1, -0.05) is 34.1 Å². The molecule has 3 heteroatoms. The Hall–Kier alpha value is -1.06. The third-order valence-electron chi connectivity index (χ3n) is 6.01. The van der Waals surface area contributed by atoms with Crippen LogP contribution in [0.3, 0.4) is 0 Å². The van der Waals surface area contributed by atoms with Crippen LogP contribution in [0.4, 0.5) is 0 Å². The van der Waals surface area contributed by atoms with Crippen molar-refractivity contribution in [3.63, 3.8) is 0 Å². The van der Waals surface area contributed by atoms with Gasteiger partial charge in [-0.3, -0.25) is 0 Å². The standard InChI is InChI=1S/C23H39NO2/c1-18(2)10-11-23(13-15-26-22(16-23)19(3)4)12-14-24-17-20-6-8-21(25-5)9-7-20/h6-9,18-19,22,24H,10-17H2,1-5H3/p+1/t22-,23+/m0/s1. The van der Waals surface area contributed by atoms with Gasteiger partial charge in [0.25, 0.3) is 0 Å². The van der Waals surface area contributed by atoms with Gasteiger partial charge in [0.1, 0.15) is 12.3 Å². The summed E-state index contributed by atoms with van der Waals surface area (Å²) in [5.41, 5.74) is 1.85. The SMILES string of the molecule is COc1ccc(C[NH2+]CC[C@]2(CCC(C)C)CCO[C@H](C(C)C)C2)cc1. The van der Waals surface area contributed by atoms with Crippen molar-refractivity contribution in [1.82, 2.24) is 0 Å². The van der Waals surface area contributed by atoms with Crippen molar-refractivity contribution in [3.8, 4) is 5.75 Å². The van der Waals surface area contributed by atoms with Crippen LogP contribution in [0, 0.1) is 17.3 Å². The fourth-order valence-corrected chi connectivity index (χ4v) is 4.06. The van der Waals surface area contributed by atoms with E-state index in [0.717, 1.165) is 24.8 Å². The van der Waals surface area contributed by atoms with E-state index in [0.29, 0.717) is 17.4 Å². The lowest BCUT2D eigenvalue weighted by Crippen LogP contribution is -2.83. The van der Waals surface area contributed by atoms with E-state index in [4.69, 9.17) is 9.47 Å². The molecule has 2 rings (SSSR count). The third kappa shape index (κ3) is 6.59. The molecule has 1 aromatic carbocycles. The van der Waals surface area contributed by atoms with Crippen LogP contribution in [0.15, 0.2) is 24.3 Å². The molecular formula is C23H40NO2+. The van der Waals surface area contributed by atoms with Gasteiger partial charge in [-0.15, -0.1) is 0 Å². The van der Waals surface area contributed by atoms with E-state index in [1.807, 2.05) is 0 Å². The molecule has 2 atom stereocenters. The summed E-state index contributed by atoms with van der Waals surface area (Å²) in [6.07, 6.45) is 6.92. The molecule has 26 heavy (non-hydrogen) atoms. The van der Waals surface area contributed by atoms with Crippen LogP contribution in [0.2, 0.25) is 0 Å². The monoisotopic (exact) mass is 362 g/mol. The average Bonchev–Trinajstić information content (AvgIpc) is 2.64. The van der Waals surface area contributed by atoms with Gasteiger partial charge in [-0.2, -0.15) is 0 Å². The van der Waals surface area contributed by atoms with E-state index in [2.05, 4.69) is 57.3 Å². The van der Waals surface area contributed by atoms with Crippen LogP contribution >= 0.6 is 0 Å². The number of hydrogen-bond acceptors (Lipinski definition) is 2. The summed E-state index contributed by atoms with van der Waals surface area (Å²) < 4.78 is 11.3. The molecular weight excluding hydrogens is 322 g/mol. The summed E-state index contributed by atoms with van der Waals surface area (Å²) in [5, 5.41) is 2.47. The molecule has 1 fully saturated rings. The molecule has 0 spiro atoms. The fraction of sp³-hybridized carbons (Fsp3) is 0.739. The van der Waals surface area contributed by atoms with Crippen molar-refractivity contribution >= 4 is 0 Å². The molecule has 0 amide bonds. The number of nitrogens with two attached hydrogens (primary N) is 1. The Morgan fingerprint density at radius 2 is 1.88 bits per heavy atom. The van der Waals surface area contributed by atoms with Crippen molar-refractivity contribution in [2.24, 2.45) is 17.3 Å². The second-order valence-corrected chi connectivity index (χ2v) is 8.92. The Labute approximate surface area is 160 Å². The van der Waals surface area contributed by atoms with Crippen LogP contribution in [0.25, 0.3) is 0 Å². The Kier molecular flexibility index (Phi) is 8.43. The number of benzene rings is 1. The Bertz CT molecular complexity index is 511. The van der Waals surface area contributed by atoms with Crippen molar-refractivity contribution < 1.29 is 14.8 Å².